The maximum absolute atomic E-state index is 13.4. The minimum Gasteiger partial charge on any atom is -0.346 e. The van der Waals surface area contributed by atoms with Crippen LogP contribution in [-0.2, 0) is 16.4 Å². The largest absolute Gasteiger partial charge is 0.416 e. The number of rotatable bonds is 17. The van der Waals surface area contributed by atoms with E-state index in [-0.39, 0.29) is 12.3 Å². The average Bonchev–Trinajstić information content (AvgIpc) is 2.95. The molecule has 0 N–H and O–H groups in total. The molecule has 2 aromatic carbocycles. The molecule has 218 valence electrons. The van der Waals surface area contributed by atoms with Gasteiger partial charge >= 0.3 is 6.18 Å². The van der Waals surface area contributed by atoms with Gasteiger partial charge in [0.25, 0.3) is 0 Å². The van der Waals surface area contributed by atoms with Crippen molar-refractivity contribution in [1.29, 1.82) is 0 Å². The summed E-state index contributed by atoms with van der Waals surface area (Å²) in [5.41, 5.74) is 0.235. The quantitative estimate of drug-likeness (QED) is 0.141. The average molecular weight is 554 g/mol. The second-order valence-electron chi connectivity index (χ2n) is 10.4. The fraction of sp³-hybridized carbons (Fsp3) is 0.457. The summed E-state index contributed by atoms with van der Waals surface area (Å²) >= 11 is 0. The SMILES string of the molecule is CCCCCC=CCC=CCC=CCCC(CC(=O)N(C)CCC)(c1ccccc1)c1ccc(C(F)(F)F)cc1. The van der Waals surface area contributed by atoms with E-state index in [2.05, 4.69) is 43.4 Å². The van der Waals surface area contributed by atoms with Crippen LogP contribution in [0, 0.1) is 0 Å². The number of carbonyl (C=O) groups excluding carboxylic acids is 1. The molecule has 0 heterocycles. The Bertz CT molecular complexity index is 1070. The molecular formula is C35H46F3NO. The Morgan fingerprint density at radius 3 is 1.85 bits per heavy atom. The van der Waals surface area contributed by atoms with Gasteiger partial charge in [0.2, 0.25) is 5.91 Å². The van der Waals surface area contributed by atoms with E-state index >= 15 is 0 Å². The molecule has 0 aliphatic carbocycles. The van der Waals surface area contributed by atoms with Crippen molar-refractivity contribution in [3.63, 3.8) is 0 Å². The third-order valence-corrected chi connectivity index (χ3v) is 7.29. The first-order valence-corrected chi connectivity index (χ1v) is 14.7. The van der Waals surface area contributed by atoms with Gasteiger partial charge < -0.3 is 4.90 Å². The van der Waals surface area contributed by atoms with Crippen LogP contribution in [0.15, 0.2) is 91.1 Å². The lowest BCUT2D eigenvalue weighted by molar-refractivity contribution is -0.137. The van der Waals surface area contributed by atoms with E-state index in [0.29, 0.717) is 19.4 Å². The lowest BCUT2D eigenvalue weighted by Gasteiger charge is -2.36. The molecule has 0 saturated carbocycles. The topological polar surface area (TPSA) is 20.3 Å². The predicted molar refractivity (Wildman–Crippen MR) is 161 cm³/mol. The molecule has 0 bridgehead atoms. The number of unbranched alkanes of at least 4 members (excludes halogenated alkanes) is 3. The normalized spacial score (nSPS) is 13.8. The van der Waals surface area contributed by atoms with Gasteiger partial charge in [-0.05, 0) is 68.2 Å². The van der Waals surface area contributed by atoms with Gasteiger partial charge in [-0.15, -0.1) is 0 Å². The summed E-state index contributed by atoms with van der Waals surface area (Å²) in [7, 11) is 1.79. The number of alkyl halides is 3. The summed E-state index contributed by atoms with van der Waals surface area (Å²) in [6, 6.07) is 15.1. The Labute approximate surface area is 239 Å². The molecule has 0 saturated heterocycles. The predicted octanol–water partition coefficient (Wildman–Crippen LogP) is 10.1. The van der Waals surface area contributed by atoms with Crippen LogP contribution < -0.4 is 0 Å². The van der Waals surface area contributed by atoms with Crippen LogP contribution in [0.3, 0.4) is 0 Å². The molecule has 0 aliphatic rings. The Balaban J connectivity index is 2.23. The summed E-state index contributed by atoms with van der Waals surface area (Å²) in [4.78, 5) is 15.1. The number of carbonyl (C=O) groups is 1. The molecule has 0 aromatic heterocycles. The van der Waals surface area contributed by atoms with Gasteiger partial charge in [0.05, 0.1) is 5.56 Å². The highest BCUT2D eigenvalue weighted by molar-refractivity contribution is 5.78. The third kappa shape index (κ3) is 10.8. The first-order chi connectivity index (χ1) is 19.2. The smallest absolute Gasteiger partial charge is 0.346 e. The highest BCUT2D eigenvalue weighted by Crippen LogP contribution is 2.42. The minimum atomic E-state index is -4.41. The molecule has 5 heteroatoms. The molecule has 1 amide bonds. The first kappa shape index (κ1) is 33.1. The molecular weight excluding hydrogens is 507 g/mol. The maximum Gasteiger partial charge on any atom is 0.416 e. The molecule has 0 spiro atoms. The molecule has 2 aromatic rings. The zero-order valence-electron chi connectivity index (χ0n) is 24.4. The van der Waals surface area contributed by atoms with E-state index in [1.165, 1.54) is 19.3 Å². The van der Waals surface area contributed by atoms with Crippen molar-refractivity contribution >= 4 is 5.91 Å². The standard InChI is InChI=1S/C35H46F3NO/c1-4-6-7-8-9-10-11-12-13-14-15-16-20-27-34(30-21-18-17-19-22-30,29-33(40)39(3)28-5-2)31-23-25-32(26-24-31)35(36,37)38/h9-10,12-13,15-19,21-26H,4-8,11,14,20,27-29H2,1-3H3. The third-order valence-electron chi connectivity index (χ3n) is 7.29. The number of halogens is 3. The van der Waals surface area contributed by atoms with E-state index in [9.17, 15) is 18.0 Å². The van der Waals surface area contributed by atoms with Crippen LogP contribution in [0.1, 0.15) is 94.7 Å². The highest BCUT2D eigenvalue weighted by Gasteiger charge is 2.38. The summed E-state index contributed by atoms with van der Waals surface area (Å²) < 4.78 is 40.0. The monoisotopic (exact) mass is 553 g/mol. The Hall–Kier alpha value is -3.08. The van der Waals surface area contributed by atoms with Crippen molar-refractivity contribution in [2.75, 3.05) is 13.6 Å². The van der Waals surface area contributed by atoms with Crippen LogP contribution >= 0.6 is 0 Å². The maximum atomic E-state index is 13.4. The van der Waals surface area contributed by atoms with Crippen molar-refractivity contribution in [2.24, 2.45) is 0 Å². The molecule has 40 heavy (non-hydrogen) atoms. The van der Waals surface area contributed by atoms with Crippen molar-refractivity contribution in [3.05, 3.63) is 108 Å². The first-order valence-electron chi connectivity index (χ1n) is 14.7. The van der Waals surface area contributed by atoms with E-state index in [1.54, 1.807) is 24.1 Å². The van der Waals surface area contributed by atoms with E-state index in [0.717, 1.165) is 48.9 Å². The van der Waals surface area contributed by atoms with Gasteiger partial charge in [-0.3, -0.25) is 4.79 Å². The van der Waals surface area contributed by atoms with Gasteiger partial charge in [0.15, 0.2) is 0 Å². The summed E-state index contributed by atoms with van der Waals surface area (Å²) in [5.74, 6) is -0.0136. The summed E-state index contributed by atoms with van der Waals surface area (Å²) in [5, 5.41) is 0. The number of allylic oxidation sites excluding steroid dienone is 6. The van der Waals surface area contributed by atoms with E-state index in [1.807, 2.05) is 37.3 Å². The van der Waals surface area contributed by atoms with Crippen LogP contribution in [0.4, 0.5) is 13.2 Å². The molecule has 0 aliphatic heterocycles. The van der Waals surface area contributed by atoms with Gasteiger partial charge in [-0.1, -0.05) is 106 Å². The number of hydrogen-bond donors (Lipinski definition) is 0. The zero-order chi connectivity index (χ0) is 29.3. The molecule has 0 radical (unpaired) electrons. The van der Waals surface area contributed by atoms with E-state index < -0.39 is 17.2 Å². The summed E-state index contributed by atoms with van der Waals surface area (Å²) in [6.45, 7) is 4.87. The van der Waals surface area contributed by atoms with Crippen LogP contribution in [0.5, 0.6) is 0 Å². The number of benzene rings is 2. The fourth-order valence-electron chi connectivity index (χ4n) is 4.96. The summed E-state index contributed by atoms with van der Waals surface area (Å²) in [6.07, 6.45) is 17.6. The lowest BCUT2D eigenvalue weighted by atomic mass is 9.68. The molecule has 1 unspecified atom stereocenters. The fourth-order valence-corrected chi connectivity index (χ4v) is 4.96. The number of amides is 1. The number of hydrogen-bond acceptors (Lipinski definition) is 1. The Kier molecular flexibility index (Phi) is 14.6. The second-order valence-corrected chi connectivity index (χ2v) is 10.4. The van der Waals surface area contributed by atoms with Crippen LogP contribution in [-0.4, -0.2) is 24.4 Å². The van der Waals surface area contributed by atoms with Crippen molar-refractivity contribution in [1.82, 2.24) is 4.90 Å². The van der Waals surface area contributed by atoms with Crippen molar-refractivity contribution in [3.8, 4) is 0 Å². The highest BCUT2D eigenvalue weighted by atomic mass is 19.4. The molecule has 2 nitrogen and oxygen atoms in total. The van der Waals surface area contributed by atoms with Gasteiger partial charge in [-0.2, -0.15) is 13.2 Å². The zero-order valence-corrected chi connectivity index (χ0v) is 24.4. The van der Waals surface area contributed by atoms with Gasteiger partial charge in [-0.25, -0.2) is 0 Å². The van der Waals surface area contributed by atoms with Crippen LogP contribution in [0.2, 0.25) is 0 Å². The molecule has 2 rings (SSSR count). The van der Waals surface area contributed by atoms with E-state index in [4.69, 9.17) is 0 Å². The Morgan fingerprint density at radius 1 is 0.725 bits per heavy atom. The molecule has 0 fully saturated rings. The van der Waals surface area contributed by atoms with Crippen molar-refractivity contribution < 1.29 is 18.0 Å². The second kappa shape index (κ2) is 17.6. The Morgan fingerprint density at radius 2 is 1.27 bits per heavy atom. The minimum absolute atomic E-state index is 0.0136. The van der Waals surface area contributed by atoms with Gasteiger partial charge in [0.1, 0.15) is 0 Å². The molecule has 1 atom stereocenters. The number of nitrogens with zero attached hydrogens (tertiary/aromatic N) is 1. The van der Waals surface area contributed by atoms with Crippen LogP contribution in [0.25, 0.3) is 0 Å². The van der Waals surface area contributed by atoms with Gasteiger partial charge in [0, 0.05) is 25.4 Å². The lowest BCUT2D eigenvalue weighted by Crippen LogP contribution is -2.37. The van der Waals surface area contributed by atoms with Crippen molar-refractivity contribution in [2.45, 2.75) is 89.6 Å².